The van der Waals surface area contributed by atoms with E-state index in [1.165, 1.54) is 0 Å². The molecule has 0 unspecified atom stereocenters. The number of aliphatic carboxylic acids is 4. The Balaban J connectivity index is -0.0000000303. The Bertz CT molecular complexity index is 319. The molecule has 0 atom stereocenters. The van der Waals surface area contributed by atoms with E-state index in [2.05, 4.69) is 0 Å². The van der Waals surface area contributed by atoms with Crippen LogP contribution in [0.2, 0.25) is 0 Å². The molecule has 0 amide bonds. The fourth-order valence-corrected chi connectivity index (χ4v) is 0. The summed E-state index contributed by atoms with van der Waals surface area (Å²) in [4.78, 5) is 38.8. The van der Waals surface area contributed by atoms with Crippen LogP contribution in [0.15, 0.2) is 0 Å². The van der Waals surface area contributed by atoms with Crippen molar-refractivity contribution in [1.82, 2.24) is 0 Å². The Morgan fingerprint density at radius 1 is 0.429 bits per heavy atom. The summed E-state index contributed by atoms with van der Waals surface area (Å²) in [7, 11) is 0. The summed E-state index contributed by atoms with van der Waals surface area (Å²) in [5.41, 5.74) is 0. The molecule has 4 N–H and O–H groups in total. The van der Waals surface area contributed by atoms with Crippen LogP contribution in [-0.4, -0.2) is 44.3 Å². The van der Waals surface area contributed by atoms with E-state index in [0.29, 0.717) is 0 Å². The first-order chi connectivity index (χ1) is 10.6. The van der Waals surface area contributed by atoms with Gasteiger partial charge in [-0.3, -0.25) is 19.2 Å². The summed E-state index contributed by atoms with van der Waals surface area (Å²) in [6.45, 7) is 13.1. The van der Waals surface area contributed by atoms with Crippen LogP contribution in [0.25, 0.3) is 0 Å². The van der Waals surface area contributed by atoms with Gasteiger partial charge in [0.1, 0.15) is 0 Å². The zero-order valence-corrected chi connectivity index (χ0v) is 24.4. The van der Waals surface area contributed by atoms with Crippen LogP contribution in [0.5, 0.6) is 0 Å². The fourth-order valence-electron chi connectivity index (χ4n) is 0. The van der Waals surface area contributed by atoms with Gasteiger partial charge >= 0.3 is 23.9 Å². The number of carboxylic acids is 4. The zero-order chi connectivity index (χ0) is 20.6. The van der Waals surface area contributed by atoms with Crippen molar-refractivity contribution >= 4 is 48.7 Å². The molecule has 0 saturated heterocycles. The van der Waals surface area contributed by atoms with Crippen LogP contribution in [0.4, 0.5) is 0 Å². The predicted molar refractivity (Wildman–Crippen MR) is 104 cm³/mol. The largest absolute Gasteiger partial charge is 0.481 e. The second-order valence-electron chi connectivity index (χ2n) is 5.97. The number of hydrogen-bond donors (Lipinski definition) is 4. The van der Waals surface area contributed by atoms with Crippen molar-refractivity contribution in [2.24, 2.45) is 23.7 Å². The molecule has 0 aliphatic heterocycles. The normalized spacial score (nSPS) is 7.86. The van der Waals surface area contributed by atoms with Gasteiger partial charge in [-0.2, -0.15) is 0 Å². The number of carbonyl (C=O) groups is 4. The zero-order valence-electron chi connectivity index (χ0n) is 17.3. The third kappa shape index (κ3) is 63.6. The Kier molecular flexibility index (Phi) is 57.3. The maximum Gasteiger partial charge on any atom is 0.305 e. The van der Waals surface area contributed by atoms with Gasteiger partial charge in [0.25, 0.3) is 0 Å². The minimum Gasteiger partial charge on any atom is -0.481 e. The molecular weight excluding hydrogens is 763 g/mol. The van der Waals surface area contributed by atoms with Gasteiger partial charge in [0.05, 0.1) is 23.7 Å². The molecule has 0 spiro atoms. The second-order valence-corrected chi connectivity index (χ2v) is 5.97. The molecular formula is C16H34Cl2O8Re2. The van der Waals surface area contributed by atoms with E-state index in [-0.39, 0.29) is 89.3 Å². The van der Waals surface area contributed by atoms with Gasteiger partial charge in [-0.25, -0.2) is 0 Å². The van der Waals surface area contributed by atoms with Crippen LogP contribution in [0.3, 0.4) is 0 Å². The Morgan fingerprint density at radius 3 is 0.464 bits per heavy atom. The van der Waals surface area contributed by atoms with E-state index in [4.69, 9.17) is 20.4 Å². The first kappa shape index (κ1) is 50.9. The van der Waals surface area contributed by atoms with Crippen molar-refractivity contribution in [2.75, 3.05) is 0 Å². The molecule has 8 nitrogen and oxygen atoms in total. The maximum atomic E-state index is 9.70. The van der Waals surface area contributed by atoms with Gasteiger partial charge in [0.15, 0.2) is 0 Å². The summed E-state index contributed by atoms with van der Waals surface area (Å²) >= 11 is 0. The molecule has 0 bridgehead atoms. The smallest absolute Gasteiger partial charge is 0.305 e. The van der Waals surface area contributed by atoms with E-state index in [9.17, 15) is 19.2 Å². The molecule has 0 aromatic carbocycles. The first-order valence-corrected chi connectivity index (χ1v) is 7.48. The van der Waals surface area contributed by atoms with Crippen molar-refractivity contribution < 1.29 is 80.4 Å². The number of carboxylic acid groups (broad SMARTS) is 4. The van der Waals surface area contributed by atoms with Crippen molar-refractivity contribution in [3.05, 3.63) is 0 Å². The van der Waals surface area contributed by atoms with Gasteiger partial charge in [0, 0.05) is 40.8 Å². The summed E-state index contributed by atoms with van der Waals surface area (Å²) in [5.74, 6) is -3.89. The summed E-state index contributed by atoms with van der Waals surface area (Å²) in [5, 5.41) is 32.0. The molecule has 174 valence electrons. The Hall–Kier alpha value is -0.215. The van der Waals surface area contributed by atoms with Crippen molar-refractivity contribution in [3.8, 4) is 0 Å². The van der Waals surface area contributed by atoms with E-state index >= 15 is 0 Å². The molecule has 0 rings (SSSR count). The molecule has 0 aromatic rings. The summed E-state index contributed by atoms with van der Waals surface area (Å²) < 4.78 is 0. The standard InChI is InChI=1S/4C4H8O2.2ClH.2Re/c4*1-3(2)4(5)6;;;;/h4*3H,1-2H3,(H,5,6);2*1H;;. The SMILES string of the molecule is CC(C)C(=O)O.CC(C)C(=O)O.CC(C)C(=O)O.CC(C)C(=O)O.Cl.Cl.[Re].[Re]. The molecule has 0 aliphatic carbocycles. The van der Waals surface area contributed by atoms with Gasteiger partial charge in [0.2, 0.25) is 0 Å². The number of hydrogen-bond acceptors (Lipinski definition) is 4. The van der Waals surface area contributed by atoms with Gasteiger partial charge in [-0.05, 0) is 0 Å². The number of halogens is 2. The number of rotatable bonds is 4. The fraction of sp³-hybridized carbons (Fsp3) is 0.750. The molecule has 0 aromatic heterocycles. The van der Waals surface area contributed by atoms with Gasteiger partial charge in [-0.15, -0.1) is 24.8 Å². The molecule has 12 heteroatoms. The minimum absolute atomic E-state index is 0. The molecule has 0 heterocycles. The average molecular weight is 798 g/mol. The topological polar surface area (TPSA) is 149 Å². The van der Waals surface area contributed by atoms with Crippen molar-refractivity contribution in [3.63, 3.8) is 0 Å². The Labute approximate surface area is 207 Å². The van der Waals surface area contributed by atoms with Crippen LogP contribution in [0.1, 0.15) is 55.4 Å². The van der Waals surface area contributed by atoms with E-state index in [1.54, 1.807) is 55.4 Å². The third-order valence-electron chi connectivity index (χ3n) is 1.98. The monoisotopic (exact) mass is 798 g/mol. The molecule has 28 heavy (non-hydrogen) atoms. The molecule has 0 saturated carbocycles. The second kappa shape index (κ2) is 31.5. The van der Waals surface area contributed by atoms with Gasteiger partial charge in [-0.1, -0.05) is 55.4 Å². The van der Waals surface area contributed by atoms with Crippen molar-refractivity contribution in [2.45, 2.75) is 55.4 Å². The van der Waals surface area contributed by atoms with Crippen LogP contribution < -0.4 is 0 Å². The van der Waals surface area contributed by atoms with Crippen LogP contribution in [0, 0.1) is 23.7 Å². The minimum atomic E-state index is -0.741. The Morgan fingerprint density at radius 2 is 0.464 bits per heavy atom. The van der Waals surface area contributed by atoms with Crippen LogP contribution >= 0.6 is 24.8 Å². The van der Waals surface area contributed by atoms with E-state index in [1.807, 2.05) is 0 Å². The van der Waals surface area contributed by atoms with Crippen molar-refractivity contribution in [1.29, 1.82) is 0 Å². The summed E-state index contributed by atoms with van der Waals surface area (Å²) in [6.07, 6.45) is 0. The molecule has 2 radical (unpaired) electrons. The predicted octanol–water partition coefficient (Wildman–Crippen LogP) is 3.75. The van der Waals surface area contributed by atoms with E-state index in [0.717, 1.165) is 0 Å². The summed E-state index contributed by atoms with van der Waals surface area (Å²) in [6, 6.07) is 0. The molecule has 0 aliphatic rings. The maximum absolute atomic E-state index is 9.70. The molecule has 0 fully saturated rings. The third-order valence-corrected chi connectivity index (χ3v) is 1.98. The average Bonchev–Trinajstić information content (AvgIpc) is 2.40. The van der Waals surface area contributed by atoms with E-state index < -0.39 is 23.9 Å². The first-order valence-electron chi connectivity index (χ1n) is 7.48. The van der Waals surface area contributed by atoms with Gasteiger partial charge < -0.3 is 20.4 Å². The van der Waals surface area contributed by atoms with Crippen LogP contribution in [-0.2, 0) is 60.0 Å². The quantitative estimate of drug-likeness (QED) is 0.337.